The molecule has 0 heterocycles. The molecule has 1 aromatic carbocycles. The van der Waals surface area contributed by atoms with Gasteiger partial charge in [0.2, 0.25) is 0 Å². The number of methoxy groups -OCH3 is 1. The van der Waals surface area contributed by atoms with Crippen molar-refractivity contribution in [2.24, 2.45) is 0 Å². The van der Waals surface area contributed by atoms with E-state index >= 15 is 0 Å². The van der Waals surface area contributed by atoms with Gasteiger partial charge in [-0.2, -0.15) is 0 Å². The quantitative estimate of drug-likeness (QED) is 0.460. The van der Waals surface area contributed by atoms with E-state index in [1.165, 1.54) is 13.2 Å². The van der Waals surface area contributed by atoms with Crippen LogP contribution in [0.3, 0.4) is 0 Å². The lowest BCUT2D eigenvalue weighted by atomic mass is 10.1. The largest absolute Gasteiger partial charge is 0.502 e. The monoisotopic (exact) mass is 241 g/mol. The molecular weight excluding hydrogens is 230 g/mol. The number of aromatic hydroxyl groups is 1. The lowest BCUT2D eigenvalue weighted by Crippen LogP contribution is -2.08. The number of aliphatic hydroxyl groups is 1. The first kappa shape index (κ1) is 12.9. The van der Waals surface area contributed by atoms with Crippen LogP contribution < -0.4 is 0 Å². The van der Waals surface area contributed by atoms with E-state index in [1.807, 2.05) is 0 Å². The van der Waals surface area contributed by atoms with Crippen LogP contribution in [0.25, 0.3) is 0 Å². The van der Waals surface area contributed by atoms with Crippen molar-refractivity contribution in [1.29, 1.82) is 0 Å². The number of carbonyl (C=O) groups is 1. The van der Waals surface area contributed by atoms with Crippen molar-refractivity contribution < 1.29 is 24.7 Å². The Bertz CT molecular complexity index is 444. The number of aliphatic hydroxyl groups excluding tert-OH is 1. The number of hydrogen-bond acceptors (Lipinski definition) is 6. The van der Waals surface area contributed by atoms with Crippen LogP contribution in [-0.2, 0) is 9.53 Å². The summed E-state index contributed by atoms with van der Waals surface area (Å²) in [6.45, 7) is 0. The van der Waals surface area contributed by atoms with Gasteiger partial charge in [0.25, 0.3) is 0 Å². The normalized spacial score (nSPS) is 11.9. The van der Waals surface area contributed by atoms with Gasteiger partial charge in [-0.25, -0.2) is 0 Å². The van der Waals surface area contributed by atoms with Crippen LogP contribution >= 0.6 is 0 Å². The molecule has 1 atom stereocenters. The maximum Gasteiger partial charge on any atom is 0.311 e. The zero-order valence-corrected chi connectivity index (χ0v) is 8.99. The topological polar surface area (TPSA) is 110 Å². The van der Waals surface area contributed by atoms with Gasteiger partial charge in [0.1, 0.15) is 0 Å². The Kier molecular flexibility index (Phi) is 4.00. The average Bonchev–Trinajstić information content (AvgIpc) is 2.28. The van der Waals surface area contributed by atoms with Crippen LogP contribution in [0.5, 0.6) is 5.75 Å². The van der Waals surface area contributed by atoms with Gasteiger partial charge in [-0.3, -0.25) is 14.9 Å². The van der Waals surface area contributed by atoms with Crippen LogP contribution in [0.15, 0.2) is 18.2 Å². The third kappa shape index (κ3) is 3.15. The molecule has 0 aliphatic heterocycles. The number of nitro groups is 1. The number of benzene rings is 1. The lowest BCUT2D eigenvalue weighted by Gasteiger charge is -2.09. The molecule has 0 saturated carbocycles. The third-order valence-electron chi connectivity index (χ3n) is 2.17. The molecule has 0 aliphatic rings. The molecule has 2 N–H and O–H groups in total. The van der Waals surface area contributed by atoms with Crippen molar-refractivity contribution in [3.05, 3.63) is 33.9 Å². The predicted molar refractivity (Wildman–Crippen MR) is 56.4 cm³/mol. The molecule has 7 heteroatoms. The number of nitro benzene ring substituents is 1. The summed E-state index contributed by atoms with van der Waals surface area (Å²) in [5, 5.41) is 29.4. The highest BCUT2D eigenvalue weighted by Gasteiger charge is 2.19. The number of phenols is 1. The second kappa shape index (κ2) is 5.26. The predicted octanol–water partition coefficient (Wildman–Crippen LogP) is 0.897. The number of phenolic OH excluding ortho intramolecular Hbond substituents is 1. The van der Waals surface area contributed by atoms with Crippen molar-refractivity contribution in [2.45, 2.75) is 12.5 Å². The molecule has 0 fully saturated rings. The molecule has 1 aromatic rings. The van der Waals surface area contributed by atoms with E-state index in [1.54, 1.807) is 0 Å². The number of ether oxygens (including phenoxy) is 1. The minimum atomic E-state index is -1.21. The average molecular weight is 241 g/mol. The first-order chi connectivity index (χ1) is 7.95. The Balaban J connectivity index is 2.95. The lowest BCUT2D eigenvalue weighted by molar-refractivity contribution is -0.386. The summed E-state index contributed by atoms with van der Waals surface area (Å²) in [5.74, 6) is -1.13. The first-order valence-electron chi connectivity index (χ1n) is 4.68. The zero-order valence-electron chi connectivity index (χ0n) is 8.99. The SMILES string of the molecule is COC(=O)C[C@@H](O)c1ccc(O)c([N+](=O)[O-])c1. The molecule has 1 rings (SSSR count). The minimum Gasteiger partial charge on any atom is -0.502 e. The highest BCUT2D eigenvalue weighted by atomic mass is 16.6. The molecule has 0 aromatic heterocycles. The summed E-state index contributed by atoms with van der Waals surface area (Å²) in [6.07, 6.45) is -1.51. The number of esters is 1. The van der Waals surface area contributed by atoms with Crippen LogP contribution in [-0.4, -0.2) is 28.2 Å². The summed E-state index contributed by atoms with van der Waals surface area (Å²) < 4.78 is 4.36. The van der Waals surface area contributed by atoms with Crippen LogP contribution in [0.1, 0.15) is 18.1 Å². The fourth-order valence-electron chi connectivity index (χ4n) is 1.25. The van der Waals surface area contributed by atoms with Gasteiger partial charge in [-0.1, -0.05) is 6.07 Å². The molecule has 0 radical (unpaired) electrons. The molecule has 7 nitrogen and oxygen atoms in total. The molecule has 0 aliphatic carbocycles. The Morgan fingerprint density at radius 2 is 2.24 bits per heavy atom. The van der Waals surface area contributed by atoms with E-state index in [4.69, 9.17) is 0 Å². The van der Waals surface area contributed by atoms with Crippen molar-refractivity contribution in [1.82, 2.24) is 0 Å². The van der Waals surface area contributed by atoms with E-state index in [2.05, 4.69) is 4.74 Å². The van der Waals surface area contributed by atoms with Crippen LogP contribution in [0.2, 0.25) is 0 Å². The number of nitrogens with zero attached hydrogens (tertiary/aromatic N) is 1. The molecule has 0 spiro atoms. The van der Waals surface area contributed by atoms with E-state index in [0.717, 1.165) is 12.1 Å². The Hall–Kier alpha value is -2.15. The smallest absolute Gasteiger partial charge is 0.311 e. The second-order valence-corrected chi connectivity index (χ2v) is 3.30. The summed E-state index contributed by atoms with van der Waals surface area (Å²) in [4.78, 5) is 20.7. The summed E-state index contributed by atoms with van der Waals surface area (Å²) in [6, 6.07) is 3.41. The summed E-state index contributed by atoms with van der Waals surface area (Å²) >= 11 is 0. The Labute approximate surface area is 96.4 Å². The van der Waals surface area contributed by atoms with E-state index in [9.17, 15) is 25.1 Å². The molecule has 17 heavy (non-hydrogen) atoms. The van der Waals surface area contributed by atoms with Crippen molar-refractivity contribution in [3.8, 4) is 5.75 Å². The maximum atomic E-state index is 10.9. The fourth-order valence-corrected chi connectivity index (χ4v) is 1.25. The van der Waals surface area contributed by atoms with Crippen LogP contribution in [0, 0.1) is 10.1 Å². The fraction of sp³-hybridized carbons (Fsp3) is 0.300. The molecule has 0 unspecified atom stereocenters. The first-order valence-corrected chi connectivity index (χ1v) is 4.68. The van der Waals surface area contributed by atoms with Crippen molar-refractivity contribution >= 4 is 11.7 Å². The Morgan fingerprint density at radius 1 is 1.59 bits per heavy atom. The molecular formula is C10H11NO6. The van der Waals surface area contributed by atoms with E-state index < -0.39 is 28.4 Å². The standard InChI is InChI=1S/C10H11NO6/c1-17-10(14)5-9(13)6-2-3-8(12)7(4-6)11(15)16/h2-4,9,12-13H,5H2,1H3/t9-/m1/s1. The van der Waals surface area contributed by atoms with Gasteiger partial charge >= 0.3 is 11.7 Å². The minimum absolute atomic E-state index is 0.167. The van der Waals surface area contributed by atoms with Crippen LogP contribution in [0.4, 0.5) is 5.69 Å². The zero-order chi connectivity index (χ0) is 13.0. The number of rotatable bonds is 4. The van der Waals surface area contributed by atoms with Gasteiger partial charge in [-0.05, 0) is 11.6 Å². The van der Waals surface area contributed by atoms with Crippen molar-refractivity contribution in [2.75, 3.05) is 7.11 Å². The van der Waals surface area contributed by atoms with Gasteiger partial charge in [0.05, 0.1) is 24.6 Å². The van der Waals surface area contributed by atoms with Gasteiger partial charge in [-0.15, -0.1) is 0 Å². The summed E-state index contributed by atoms with van der Waals surface area (Å²) in [5.41, 5.74) is -0.355. The summed E-state index contributed by atoms with van der Waals surface area (Å²) in [7, 11) is 1.17. The Morgan fingerprint density at radius 3 is 2.76 bits per heavy atom. The van der Waals surface area contributed by atoms with E-state index in [0.29, 0.717) is 0 Å². The highest BCUT2D eigenvalue weighted by molar-refractivity contribution is 5.70. The molecule has 0 bridgehead atoms. The van der Waals surface area contributed by atoms with E-state index in [-0.39, 0.29) is 12.0 Å². The third-order valence-corrected chi connectivity index (χ3v) is 2.17. The van der Waals surface area contributed by atoms with Crippen molar-refractivity contribution in [3.63, 3.8) is 0 Å². The molecule has 0 amide bonds. The van der Waals surface area contributed by atoms with Gasteiger partial charge in [0.15, 0.2) is 5.75 Å². The number of hydrogen-bond donors (Lipinski definition) is 2. The highest BCUT2D eigenvalue weighted by Crippen LogP contribution is 2.29. The molecule has 0 saturated heterocycles. The maximum absolute atomic E-state index is 10.9. The molecule has 92 valence electrons. The number of carbonyl (C=O) groups excluding carboxylic acids is 1. The second-order valence-electron chi connectivity index (χ2n) is 3.30. The van der Waals surface area contributed by atoms with Gasteiger partial charge < -0.3 is 14.9 Å². The van der Waals surface area contributed by atoms with Gasteiger partial charge in [0, 0.05) is 6.07 Å².